The molecule has 1 fully saturated rings. The van der Waals surface area contributed by atoms with Crippen molar-refractivity contribution in [2.45, 2.75) is 26.4 Å². The molecule has 0 aromatic heterocycles. The Hall–Kier alpha value is -1.26. The van der Waals surface area contributed by atoms with Crippen molar-refractivity contribution in [3.63, 3.8) is 0 Å². The van der Waals surface area contributed by atoms with Gasteiger partial charge in [0, 0.05) is 16.6 Å². The van der Waals surface area contributed by atoms with E-state index in [9.17, 15) is 9.59 Å². The van der Waals surface area contributed by atoms with Gasteiger partial charge in [-0.3, -0.25) is 9.59 Å². The van der Waals surface area contributed by atoms with Gasteiger partial charge in [0.25, 0.3) is 0 Å². The molecular formula is C14H16Cl2N2O2. The molecule has 1 atom stereocenters. The van der Waals surface area contributed by atoms with E-state index in [0.717, 1.165) is 5.56 Å². The van der Waals surface area contributed by atoms with E-state index in [1.165, 1.54) is 0 Å². The van der Waals surface area contributed by atoms with Gasteiger partial charge in [-0.1, -0.05) is 37.0 Å². The van der Waals surface area contributed by atoms with Gasteiger partial charge in [-0.15, -0.1) is 0 Å². The zero-order valence-electron chi connectivity index (χ0n) is 11.3. The lowest BCUT2D eigenvalue weighted by Crippen LogP contribution is -2.59. The van der Waals surface area contributed by atoms with Gasteiger partial charge in [0.05, 0.1) is 6.54 Å². The van der Waals surface area contributed by atoms with Gasteiger partial charge in [0.2, 0.25) is 11.8 Å². The lowest BCUT2D eigenvalue weighted by molar-refractivity contribution is -0.148. The minimum Gasteiger partial charge on any atom is -0.345 e. The molecule has 0 spiro atoms. The first-order valence-electron chi connectivity index (χ1n) is 6.41. The largest absolute Gasteiger partial charge is 0.345 e. The number of amides is 2. The number of nitrogens with one attached hydrogen (secondary N) is 1. The van der Waals surface area contributed by atoms with Crippen molar-refractivity contribution in [1.82, 2.24) is 10.2 Å². The highest BCUT2D eigenvalue weighted by atomic mass is 35.5. The minimum absolute atomic E-state index is 0.0252. The van der Waals surface area contributed by atoms with Crippen LogP contribution in [0.2, 0.25) is 10.0 Å². The fraction of sp³-hybridized carbons (Fsp3) is 0.429. The first kappa shape index (κ1) is 15.1. The van der Waals surface area contributed by atoms with Gasteiger partial charge in [0.1, 0.15) is 6.04 Å². The maximum Gasteiger partial charge on any atom is 0.243 e. The first-order chi connectivity index (χ1) is 9.40. The monoisotopic (exact) mass is 314 g/mol. The molecule has 2 rings (SSSR count). The number of piperazine rings is 1. The average molecular weight is 315 g/mol. The lowest BCUT2D eigenvalue weighted by atomic mass is 9.98. The van der Waals surface area contributed by atoms with Crippen molar-refractivity contribution >= 4 is 35.0 Å². The van der Waals surface area contributed by atoms with Crippen LogP contribution in [0.4, 0.5) is 0 Å². The quantitative estimate of drug-likeness (QED) is 0.931. The lowest BCUT2D eigenvalue weighted by Gasteiger charge is -2.37. The predicted octanol–water partition coefficient (Wildman–Crippen LogP) is 2.48. The molecule has 0 aliphatic carbocycles. The summed E-state index contributed by atoms with van der Waals surface area (Å²) < 4.78 is 0. The number of nitrogens with zero attached hydrogens (tertiary/aromatic N) is 1. The summed E-state index contributed by atoms with van der Waals surface area (Å²) in [5.74, 6) is -0.214. The van der Waals surface area contributed by atoms with E-state index in [4.69, 9.17) is 23.2 Å². The Bertz CT molecular complexity index is 546. The summed E-state index contributed by atoms with van der Waals surface area (Å²) >= 11 is 12.1. The summed E-state index contributed by atoms with van der Waals surface area (Å²) in [6.45, 7) is 4.14. The van der Waals surface area contributed by atoms with Crippen molar-refractivity contribution in [1.29, 1.82) is 0 Å². The normalized spacial score (nSPS) is 19.4. The van der Waals surface area contributed by atoms with Crippen molar-refractivity contribution in [2.24, 2.45) is 5.92 Å². The van der Waals surface area contributed by atoms with Gasteiger partial charge < -0.3 is 10.2 Å². The predicted molar refractivity (Wildman–Crippen MR) is 78.6 cm³/mol. The smallest absolute Gasteiger partial charge is 0.243 e. The summed E-state index contributed by atoms with van der Waals surface area (Å²) in [6.07, 6.45) is 0. The number of hydrogen-bond donors (Lipinski definition) is 1. The molecule has 1 aromatic rings. The Kier molecular flexibility index (Phi) is 4.55. The Labute approximate surface area is 128 Å². The van der Waals surface area contributed by atoms with Crippen LogP contribution >= 0.6 is 23.2 Å². The number of benzene rings is 1. The highest BCUT2D eigenvalue weighted by Crippen LogP contribution is 2.25. The number of rotatable bonds is 3. The van der Waals surface area contributed by atoms with E-state index in [0.29, 0.717) is 10.0 Å². The third-order valence-corrected chi connectivity index (χ3v) is 3.92. The van der Waals surface area contributed by atoms with E-state index in [2.05, 4.69) is 5.32 Å². The molecule has 0 bridgehead atoms. The average Bonchev–Trinajstić information content (AvgIpc) is 2.37. The highest BCUT2D eigenvalue weighted by molar-refractivity contribution is 6.33. The Morgan fingerprint density at radius 3 is 2.70 bits per heavy atom. The summed E-state index contributed by atoms with van der Waals surface area (Å²) in [4.78, 5) is 25.6. The second-order valence-electron chi connectivity index (χ2n) is 5.16. The molecule has 1 aromatic carbocycles. The second-order valence-corrected chi connectivity index (χ2v) is 6.01. The van der Waals surface area contributed by atoms with Crippen molar-refractivity contribution < 1.29 is 9.59 Å². The van der Waals surface area contributed by atoms with Crippen molar-refractivity contribution in [3.05, 3.63) is 33.8 Å². The molecule has 0 saturated carbocycles. The number of halogens is 2. The van der Waals surface area contributed by atoms with Crippen LogP contribution in [0.15, 0.2) is 18.2 Å². The molecule has 4 nitrogen and oxygen atoms in total. The van der Waals surface area contributed by atoms with Crippen LogP contribution in [-0.4, -0.2) is 29.3 Å². The van der Waals surface area contributed by atoms with Crippen LogP contribution in [-0.2, 0) is 16.1 Å². The van der Waals surface area contributed by atoms with Crippen molar-refractivity contribution in [3.8, 4) is 0 Å². The van der Waals surface area contributed by atoms with Gasteiger partial charge in [0.15, 0.2) is 0 Å². The third kappa shape index (κ3) is 3.07. The van der Waals surface area contributed by atoms with Crippen LogP contribution in [0.25, 0.3) is 0 Å². The van der Waals surface area contributed by atoms with Gasteiger partial charge in [-0.25, -0.2) is 0 Å². The topological polar surface area (TPSA) is 49.4 Å². The molecule has 108 valence electrons. The minimum atomic E-state index is -0.480. The van der Waals surface area contributed by atoms with E-state index in [1.54, 1.807) is 23.1 Å². The van der Waals surface area contributed by atoms with E-state index >= 15 is 0 Å². The molecule has 1 aliphatic heterocycles. The van der Waals surface area contributed by atoms with E-state index in [-0.39, 0.29) is 30.8 Å². The second kappa shape index (κ2) is 6.02. The Balaban J connectivity index is 2.30. The van der Waals surface area contributed by atoms with Crippen LogP contribution in [0, 0.1) is 5.92 Å². The highest BCUT2D eigenvalue weighted by Gasteiger charge is 2.36. The molecule has 0 radical (unpaired) electrons. The molecule has 1 saturated heterocycles. The maximum atomic E-state index is 12.1. The Morgan fingerprint density at radius 1 is 1.35 bits per heavy atom. The molecule has 1 aliphatic rings. The van der Waals surface area contributed by atoms with Crippen LogP contribution < -0.4 is 5.32 Å². The maximum absolute atomic E-state index is 12.1. The van der Waals surface area contributed by atoms with Gasteiger partial charge >= 0.3 is 0 Å². The van der Waals surface area contributed by atoms with Gasteiger partial charge in [-0.2, -0.15) is 0 Å². The fourth-order valence-electron chi connectivity index (χ4n) is 2.36. The molecule has 1 N–H and O–H groups in total. The zero-order chi connectivity index (χ0) is 14.9. The number of carbonyl (C=O) groups excluding carboxylic acids is 2. The summed E-state index contributed by atoms with van der Waals surface area (Å²) in [5.41, 5.74) is 0.743. The number of hydrogen-bond acceptors (Lipinski definition) is 2. The summed E-state index contributed by atoms with van der Waals surface area (Å²) in [5, 5.41) is 3.71. The van der Waals surface area contributed by atoms with Crippen LogP contribution in [0.3, 0.4) is 0 Å². The Morgan fingerprint density at radius 2 is 2.05 bits per heavy atom. The zero-order valence-corrected chi connectivity index (χ0v) is 12.8. The molecule has 1 heterocycles. The third-order valence-electron chi connectivity index (χ3n) is 3.32. The van der Waals surface area contributed by atoms with Crippen LogP contribution in [0.1, 0.15) is 19.4 Å². The molecular weight excluding hydrogens is 299 g/mol. The van der Waals surface area contributed by atoms with E-state index < -0.39 is 6.04 Å². The summed E-state index contributed by atoms with van der Waals surface area (Å²) in [6, 6.07) is 4.63. The summed E-state index contributed by atoms with van der Waals surface area (Å²) in [7, 11) is 0. The molecule has 6 heteroatoms. The standard InChI is InChI=1S/C14H16Cl2N2O2/c1-8(2)13-14(20)17-6-12(19)18(13)7-9-5-10(15)3-4-11(9)16/h3-5,8,13H,6-7H2,1-2H3,(H,17,20). The van der Waals surface area contributed by atoms with Crippen LogP contribution in [0.5, 0.6) is 0 Å². The first-order valence-corrected chi connectivity index (χ1v) is 7.17. The number of carbonyl (C=O) groups is 2. The fourth-order valence-corrected chi connectivity index (χ4v) is 2.73. The van der Waals surface area contributed by atoms with Gasteiger partial charge in [-0.05, 0) is 29.7 Å². The SMILES string of the molecule is CC(C)C1C(=O)NCC(=O)N1Cc1cc(Cl)ccc1Cl. The van der Waals surface area contributed by atoms with Crippen molar-refractivity contribution in [2.75, 3.05) is 6.54 Å². The molecule has 20 heavy (non-hydrogen) atoms. The molecule has 2 amide bonds. The molecule has 1 unspecified atom stereocenters. The van der Waals surface area contributed by atoms with E-state index in [1.807, 2.05) is 13.8 Å².